The molecule has 1 unspecified atom stereocenters. The number of hydrogen-bond acceptors (Lipinski definition) is 7. The molecule has 1 saturated heterocycles. The predicted octanol–water partition coefficient (Wildman–Crippen LogP) is 3.72. The van der Waals surface area contributed by atoms with Crippen molar-refractivity contribution in [2.45, 2.75) is 25.8 Å². The van der Waals surface area contributed by atoms with Gasteiger partial charge in [-0.05, 0) is 24.6 Å². The molecule has 0 saturated carbocycles. The zero-order chi connectivity index (χ0) is 22.7. The second-order valence-electron chi connectivity index (χ2n) is 6.97. The van der Waals surface area contributed by atoms with Gasteiger partial charge >= 0.3 is 0 Å². The van der Waals surface area contributed by atoms with E-state index in [1.807, 2.05) is 6.92 Å². The van der Waals surface area contributed by atoms with Crippen LogP contribution in [0.4, 0.5) is 11.4 Å². The minimum absolute atomic E-state index is 0.0858. The quantitative estimate of drug-likeness (QED) is 0.234. The van der Waals surface area contributed by atoms with E-state index in [9.17, 15) is 34.9 Å². The molecule has 0 spiro atoms. The number of nitrogens with zero attached hydrogens (tertiary/aromatic N) is 3. The summed E-state index contributed by atoms with van der Waals surface area (Å²) in [4.78, 5) is 48.1. The van der Waals surface area contributed by atoms with Gasteiger partial charge in [-0.2, -0.15) is 0 Å². The van der Waals surface area contributed by atoms with E-state index in [0.29, 0.717) is 6.42 Å². The van der Waals surface area contributed by atoms with E-state index in [0.717, 1.165) is 18.6 Å². The van der Waals surface area contributed by atoms with Crippen LogP contribution in [0.25, 0.3) is 5.76 Å². The summed E-state index contributed by atoms with van der Waals surface area (Å²) < 4.78 is 0. The van der Waals surface area contributed by atoms with Gasteiger partial charge in [0.15, 0.2) is 0 Å². The van der Waals surface area contributed by atoms with Crippen molar-refractivity contribution in [3.63, 3.8) is 0 Å². The molecule has 31 heavy (non-hydrogen) atoms. The van der Waals surface area contributed by atoms with E-state index in [1.165, 1.54) is 35.2 Å². The Morgan fingerprint density at radius 1 is 1.03 bits per heavy atom. The number of amides is 1. The molecule has 1 aliphatic heterocycles. The molecule has 1 aliphatic rings. The van der Waals surface area contributed by atoms with E-state index >= 15 is 0 Å². The van der Waals surface area contributed by atoms with Crippen molar-refractivity contribution in [1.29, 1.82) is 0 Å². The Balaban J connectivity index is 2.21. The van der Waals surface area contributed by atoms with E-state index in [2.05, 4.69) is 0 Å². The van der Waals surface area contributed by atoms with Crippen LogP contribution in [0.15, 0.2) is 54.1 Å². The molecule has 10 heteroatoms. The van der Waals surface area contributed by atoms with Crippen molar-refractivity contribution >= 4 is 28.8 Å². The van der Waals surface area contributed by atoms with E-state index < -0.39 is 33.3 Å². The third-order valence-corrected chi connectivity index (χ3v) is 5.07. The second kappa shape index (κ2) is 8.74. The first kappa shape index (κ1) is 21.6. The van der Waals surface area contributed by atoms with Crippen molar-refractivity contribution in [2.75, 3.05) is 6.54 Å². The number of carbonyl (C=O) groups is 2. The zero-order valence-electron chi connectivity index (χ0n) is 16.6. The number of nitro groups is 2. The lowest BCUT2D eigenvalue weighted by Gasteiger charge is -2.25. The minimum atomic E-state index is -1.15. The minimum Gasteiger partial charge on any atom is -0.507 e. The summed E-state index contributed by atoms with van der Waals surface area (Å²) in [6.07, 6.45) is 1.27. The van der Waals surface area contributed by atoms with Gasteiger partial charge in [0.25, 0.3) is 23.1 Å². The number of carbonyl (C=O) groups excluding carboxylic acids is 2. The van der Waals surface area contributed by atoms with Crippen LogP contribution in [-0.2, 0) is 9.59 Å². The van der Waals surface area contributed by atoms with Crippen molar-refractivity contribution in [3.8, 4) is 0 Å². The number of unbranched alkanes of at least 4 members (excludes halogenated alkanes) is 1. The Hall–Kier alpha value is -4.08. The van der Waals surface area contributed by atoms with Crippen molar-refractivity contribution in [3.05, 3.63) is 85.5 Å². The highest BCUT2D eigenvalue weighted by Crippen LogP contribution is 2.42. The second-order valence-corrected chi connectivity index (χ2v) is 6.97. The molecule has 0 radical (unpaired) electrons. The van der Waals surface area contributed by atoms with Crippen LogP contribution < -0.4 is 0 Å². The Morgan fingerprint density at radius 2 is 1.68 bits per heavy atom. The fourth-order valence-corrected chi connectivity index (χ4v) is 3.54. The van der Waals surface area contributed by atoms with Gasteiger partial charge < -0.3 is 10.0 Å². The molecule has 160 valence electrons. The van der Waals surface area contributed by atoms with Crippen LogP contribution >= 0.6 is 0 Å². The Morgan fingerprint density at radius 3 is 2.26 bits per heavy atom. The summed E-state index contributed by atoms with van der Waals surface area (Å²) in [5, 5.41) is 33.3. The largest absolute Gasteiger partial charge is 0.507 e. The summed E-state index contributed by atoms with van der Waals surface area (Å²) in [6.45, 7) is 2.07. The molecule has 0 aromatic heterocycles. The van der Waals surface area contributed by atoms with Crippen molar-refractivity contribution in [1.82, 2.24) is 4.90 Å². The number of rotatable bonds is 7. The summed E-state index contributed by atoms with van der Waals surface area (Å²) in [6, 6.07) is 9.39. The molecule has 1 heterocycles. The maximum absolute atomic E-state index is 12.8. The highest BCUT2D eigenvalue weighted by molar-refractivity contribution is 6.46. The first-order chi connectivity index (χ1) is 14.8. The van der Waals surface area contributed by atoms with Crippen LogP contribution in [0.1, 0.15) is 36.9 Å². The lowest BCUT2D eigenvalue weighted by atomic mass is 9.94. The van der Waals surface area contributed by atoms with Crippen LogP contribution in [0.2, 0.25) is 0 Å². The number of benzene rings is 2. The van der Waals surface area contributed by atoms with E-state index in [1.54, 1.807) is 6.07 Å². The van der Waals surface area contributed by atoms with Gasteiger partial charge in [0.2, 0.25) is 0 Å². The highest BCUT2D eigenvalue weighted by Gasteiger charge is 2.47. The molecule has 2 aromatic carbocycles. The number of Topliss-reactive ketones (excluding diaryl/α,β-unsaturated/α-hetero) is 1. The van der Waals surface area contributed by atoms with Gasteiger partial charge in [0.05, 0.1) is 27.0 Å². The number of para-hydroxylation sites is 1. The Kier molecular flexibility index (Phi) is 6.10. The van der Waals surface area contributed by atoms with Gasteiger partial charge in [0.1, 0.15) is 5.76 Å². The molecular formula is C21H19N3O7. The van der Waals surface area contributed by atoms with Gasteiger partial charge in [-0.3, -0.25) is 29.8 Å². The van der Waals surface area contributed by atoms with Crippen LogP contribution in [0.5, 0.6) is 0 Å². The summed E-state index contributed by atoms with van der Waals surface area (Å²) in [5.74, 6) is -2.37. The molecule has 0 aliphatic carbocycles. The van der Waals surface area contributed by atoms with Gasteiger partial charge in [0, 0.05) is 30.3 Å². The Bertz CT molecular complexity index is 1090. The SMILES string of the molecule is CCCCN1C(=O)C(=O)/C(=C(/O)c2ccc([N+](=O)[O-])cc2)C1c1ccccc1[N+](=O)[O-]. The maximum Gasteiger partial charge on any atom is 0.295 e. The molecule has 1 atom stereocenters. The summed E-state index contributed by atoms with van der Waals surface area (Å²) >= 11 is 0. The number of likely N-dealkylation sites (tertiary alicyclic amines) is 1. The lowest BCUT2D eigenvalue weighted by molar-refractivity contribution is -0.385. The predicted molar refractivity (Wildman–Crippen MR) is 110 cm³/mol. The van der Waals surface area contributed by atoms with Gasteiger partial charge in [-0.25, -0.2) is 0 Å². The fourth-order valence-electron chi connectivity index (χ4n) is 3.54. The van der Waals surface area contributed by atoms with Crippen molar-refractivity contribution < 1.29 is 24.5 Å². The number of ketones is 1. The summed E-state index contributed by atoms with van der Waals surface area (Å²) in [7, 11) is 0. The first-order valence-electron chi connectivity index (χ1n) is 9.54. The number of aliphatic hydroxyl groups is 1. The zero-order valence-corrected chi connectivity index (χ0v) is 16.6. The third kappa shape index (κ3) is 4.00. The standard InChI is InChI=1S/C21H19N3O7/c1-2-3-12-22-18(15-6-4-5-7-16(15)24(30)31)17(20(26)21(22)27)19(25)13-8-10-14(11-9-13)23(28)29/h4-11,18,25H,2-3,12H2,1H3/b19-17+. The van der Waals surface area contributed by atoms with Crippen LogP contribution in [-0.4, -0.2) is 38.1 Å². The molecule has 3 rings (SSSR count). The van der Waals surface area contributed by atoms with E-state index in [4.69, 9.17) is 0 Å². The molecule has 2 aromatic rings. The number of nitro benzene ring substituents is 2. The average molecular weight is 425 g/mol. The fraction of sp³-hybridized carbons (Fsp3) is 0.238. The molecule has 1 N–H and O–H groups in total. The Labute approximate surface area is 176 Å². The van der Waals surface area contributed by atoms with E-state index in [-0.39, 0.29) is 34.6 Å². The molecular weight excluding hydrogens is 406 g/mol. The molecule has 0 bridgehead atoms. The monoisotopic (exact) mass is 425 g/mol. The molecule has 1 fully saturated rings. The highest BCUT2D eigenvalue weighted by atomic mass is 16.6. The average Bonchev–Trinajstić information content (AvgIpc) is 3.01. The number of hydrogen-bond donors (Lipinski definition) is 1. The summed E-state index contributed by atoms with van der Waals surface area (Å²) in [5.41, 5.74) is -0.598. The first-order valence-corrected chi connectivity index (χ1v) is 9.54. The van der Waals surface area contributed by atoms with Gasteiger partial charge in [-0.1, -0.05) is 25.5 Å². The number of aliphatic hydroxyl groups excluding tert-OH is 1. The normalized spacial score (nSPS) is 17.7. The maximum atomic E-state index is 12.8. The van der Waals surface area contributed by atoms with Crippen LogP contribution in [0.3, 0.4) is 0 Å². The topological polar surface area (TPSA) is 144 Å². The van der Waals surface area contributed by atoms with Crippen LogP contribution in [0, 0.1) is 20.2 Å². The van der Waals surface area contributed by atoms with Gasteiger partial charge in [-0.15, -0.1) is 0 Å². The number of non-ortho nitro benzene ring substituents is 1. The third-order valence-electron chi connectivity index (χ3n) is 5.07. The molecule has 1 amide bonds. The van der Waals surface area contributed by atoms with Crippen molar-refractivity contribution in [2.24, 2.45) is 0 Å². The smallest absolute Gasteiger partial charge is 0.295 e. The molecule has 10 nitrogen and oxygen atoms in total. The lowest BCUT2D eigenvalue weighted by Crippen LogP contribution is -2.30.